The molecule has 0 saturated heterocycles. The number of allylic oxidation sites excluding steroid dienone is 1. The van der Waals surface area contributed by atoms with Crippen LogP contribution in [0.1, 0.15) is 48.0 Å². The lowest BCUT2D eigenvalue weighted by molar-refractivity contribution is -0.130. The Bertz CT molecular complexity index is 152. The Hall–Kier alpha value is -0.830. The topological polar surface area (TPSA) is 38.3 Å². The Morgan fingerprint density at radius 2 is 1.81 bits per heavy atom. The van der Waals surface area contributed by atoms with Gasteiger partial charge in [-0.3, -0.25) is 4.79 Å². The van der Waals surface area contributed by atoms with Gasteiger partial charge in [-0.05, 0) is 13.3 Å². The summed E-state index contributed by atoms with van der Waals surface area (Å²) in [7, 11) is 1.55. The molecule has 0 bridgehead atoms. The molecule has 0 aliphatic carbocycles. The van der Waals surface area contributed by atoms with E-state index < -0.39 is 0 Å². The maximum absolute atomic E-state index is 11.2. The highest BCUT2D eigenvalue weighted by atomic mass is 16.5. The average molecular weight is 231 g/mol. The molecule has 0 aliphatic heterocycles. The maximum atomic E-state index is 11.2. The Balaban J connectivity index is -0.000000376. The summed E-state index contributed by atoms with van der Waals surface area (Å²) in [4.78, 5) is 11.2. The van der Waals surface area contributed by atoms with Crippen molar-refractivity contribution in [3.8, 4) is 0 Å². The molecule has 16 heavy (non-hydrogen) atoms. The molecule has 0 saturated carbocycles. The summed E-state index contributed by atoms with van der Waals surface area (Å²) in [6.07, 6.45) is 4.18. The van der Waals surface area contributed by atoms with Crippen molar-refractivity contribution in [2.45, 2.75) is 54.1 Å². The fourth-order valence-corrected chi connectivity index (χ4v) is 0.850. The molecule has 3 nitrogen and oxygen atoms in total. The summed E-state index contributed by atoms with van der Waals surface area (Å²) in [5.74, 6) is -0.0434. The van der Waals surface area contributed by atoms with Gasteiger partial charge in [0.15, 0.2) is 0 Å². The summed E-state index contributed by atoms with van der Waals surface area (Å²) >= 11 is 0. The van der Waals surface area contributed by atoms with E-state index in [1.165, 1.54) is 0 Å². The third-order valence-electron chi connectivity index (χ3n) is 1.58. The van der Waals surface area contributed by atoms with Gasteiger partial charge in [-0.15, -0.1) is 0 Å². The molecule has 0 radical (unpaired) electrons. The van der Waals surface area contributed by atoms with Gasteiger partial charge in [0.2, 0.25) is 5.91 Å². The number of rotatable bonds is 5. The molecular formula is C13H29NO2. The molecule has 0 heterocycles. The first-order valence-corrected chi connectivity index (χ1v) is 6.17. The largest absolute Gasteiger partial charge is 0.372 e. The highest BCUT2D eigenvalue weighted by molar-refractivity contribution is 5.80. The molecule has 0 spiro atoms. The molecule has 3 heteroatoms. The van der Waals surface area contributed by atoms with Crippen molar-refractivity contribution in [2.24, 2.45) is 0 Å². The van der Waals surface area contributed by atoms with Crippen molar-refractivity contribution in [3.63, 3.8) is 0 Å². The molecule has 0 aromatic rings. The number of nitrogens with one attached hydrogen (secondary N) is 1. The van der Waals surface area contributed by atoms with Crippen LogP contribution in [0.4, 0.5) is 0 Å². The Morgan fingerprint density at radius 3 is 2.12 bits per heavy atom. The number of hydrogen-bond acceptors (Lipinski definition) is 2. The van der Waals surface area contributed by atoms with Gasteiger partial charge in [0, 0.05) is 13.7 Å². The number of methoxy groups -OCH3 is 1. The maximum Gasteiger partial charge on any atom is 0.249 e. The predicted octanol–water partition coefficient (Wildman–Crippen LogP) is 3.16. The Morgan fingerprint density at radius 1 is 1.31 bits per heavy atom. The summed E-state index contributed by atoms with van der Waals surface area (Å²) in [6, 6.07) is 0. The highest BCUT2D eigenvalue weighted by Gasteiger charge is 2.13. The van der Waals surface area contributed by atoms with Gasteiger partial charge in [-0.1, -0.05) is 46.8 Å². The van der Waals surface area contributed by atoms with E-state index in [0.717, 1.165) is 0 Å². The van der Waals surface area contributed by atoms with Gasteiger partial charge in [0.25, 0.3) is 0 Å². The van der Waals surface area contributed by atoms with Crippen molar-refractivity contribution in [1.82, 2.24) is 5.32 Å². The van der Waals surface area contributed by atoms with Crippen LogP contribution in [0.2, 0.25) is 0 Å². The molecule has 1 N–H and O–H groups in total. The molecule has 0 aliphatic rings. The van der Waals surface area contributed by atoms with E-state index in [1.54, 1.807) is 7.11 Å². The van der Waals surface area contributed by atoms with Crippen molar-refractivity contribution in [1.29, 1.82) is 0 Å². The Kier molecular flexibility index (Phi) is 25.3. The minimum absolute atomic E-state index is 0.0434. The second-order valence-corrected chi connectivity index (χ2v) is 2.45. The quantitative estimate of drug-likeness (QED) is 0.738. The molecule has 98 valence electrons. The van der Waals surface area contributed by atoms with E-state index in [0.29, 0.717) is 13.0 Å². The van der Waals surface area contributed by atoms with Gasteiger partial charge in [0.1, 0.15) is 6.10 Å². The number of carbonyl (C=O) groups is 1. The van der Waals surface area contributed by atoms with E-state index in [-0.39, 0.29) is 12.0 Å². The van der Waals surface area contributed by atoms with Crippen LogP contribution in [0, 0.1) is 0 Å². The summed E-state index contributed by atoms with van der Waals surface area (Å²) in [6.45, 7) is 12.4. The van der Waals surface area contributed by atoms with E-state index >= 15 is 0 Å². The van der Waals surface area contributed by atoms with Crippen molar-refractivity contribution in [3.05, 3.63) is 12.2 Å². The summed E-state index contributed by atoms with van der Waals surface area (Å²) in [5, 5.41) is 2.73. The smallest absolute Gasteiger partial charge is 0.249 e. The monoisotopic (exact) mass is 231 g/mol. The lowest BCUT2D eigenvalue weighted by Crippen LogP contribution is -2.35. The Labute approximate surface area is 101 Å². The summed E-state index contributed by atoms with van der Waals surface area (Å²) < 4.78 is 4.96. The molecule has 1 atom stereocenters. The SMILES string of the molecule is C/C=C/CNC(=O)C(CC)OC.CC.CC. The molecule has 0 rings (SSSR count). The number of hydrogen-bond donors (Lipinski definition) is 1. The van der Waals surface area contributed by atoms with Crippen molar-refractivity contribution in [2.75, 3.05) is 13.7 Å². The van der Waals surface area contributed by atoms with Crippen LogP contribution in [0.3, 0.4) is 0 Å². The molecular weight excluding hydrogens is 202 g/mol. The second-order valence-electron chi connectivity index (χ2n) is 2.45. The minimum atomic E-state index is -0.310. The van der Waals surface area contributed by atoms with Crippen LogP contribution in [0.5, 0.6) is 0 Å². The molecule has 0 fully saturated rings. The van der Waals surface area contributed by atoms with E-state index in [1.807, 2.05) is 53.7 Å². The van der Waals surface area contributed by atoms with Crippen LogP contribution < -0.4 is 5.32 Å². The van der Waals surface area contributed by atoms with Crippen LogP contribution >= 0.6 is 0 Å². The number of carbonyl (C=O) groups excluding carboxylic acids is 1. The van der Waals surface area contributed by atoms with Crippen LogP contribution in [0.15, 0.2) is 12.2 Å². The zero-order valence-electron chi connectivity index (χ0n) is 12.0. The third kappa shape index (κ3) is 13.2. The number of amides is 1. The van der Waals surface area contributed by atoms with Gasteiger partial charge in [-0.25, -0.2) is 0 Å². The fourth-order valence-electron chi connectivity index (χ4n) is 0.850. The van der Waals surface area contributed by atoms with Crippen LogP contribution in [0.25, 0.3) is 0 Å². The second kappa shape index (κ2) is 19.7. The average Bonchev–Trinajstić information content (AvgIpc) is 2.36. The van der Waals surface area contributed by atoms with E-state index in [4.69, 9.17) is 4.74 Å². The first-order chi connectivity index (χ1) is 7.76. The zero-order chi connectivity index (χ0) is 13.4. The molecule has 0 aromatic heterocycles. The van der Waals surface area contributed by atoms with Gasteiger partial charge < -0.3 is 10.1 Å². The molecule has 1 unspecified atom stereocenters. The van der Waals surface area contributed by atoms with Crippen LogP contribution in [-0.4, -0.2) is 25.7 Å². The lowest BCUT2D eigenvalue weighted by Gasteiger charge is -2.11. The lowest BCUT2D eigenvalue weighted by atomic mass is 10.2. The highest BCUT2D eigenvalue weighted by Crippen LogP contribution is 1.94. The first kappa shape index (κ1) is 20.6. The first-order valence-electron chi connectivity index (χ1n) is 6.17. The van der Waals surface area contributed by atoms with Crippen molar-refractivity contribution >= 4 is 5.91 Å². The van der Waals surface area contributed by atoms with Crippen molar-refractivity contribution < 1.29 is 9.53 Å². The van der Waals surface area contributed by atoms with E-state index in [2.05, 4.69) is 5.32 Å². The fraction of sp³-hybridized carbons (Fsp3) is 0.769. The van der Waals surface area contributed by atoms with E-state index in [9.17, 15) is 4.79 Å². The molecule has 0 aromatic carbocycles. The van der Waals surface area contributed by atoms with Gasteiger partial charge >= 0.3 is 0 Å². The van der Waals surface area contributed by atoms with Gasteiger partial charge in [-0.2, -0.15) is 0 Å². The normalized spacial score (nSPS) is 10.7. The van der Waals surface area contributed by atoms with Crippen LogP contribution in [-0.2, 0) is 9.53 Å². The number of ether oxygens (including phenoxy) is 1. The molecule has 1 amide bonds. The van der Waals surface area contributed by atoms with Gasteiger partial charge in [0.05, 0.1) is 0 Å². The minimum Gasteiger partial charge on any atom is -0.372 e. The third-order valence-corrected chi connectivity index (χ3v) is 1.58. The standard InChI is InChI=1S/C9H17NO2.2C2H6/c1-4-6-7-10-9(11)8(5-2)12-3;2*1-2/h4,6,8H,5,7H2,1-3H3,(H,10,11);2*1-2H3/b6-4+;;. The predicted molar refractivity (Wildman–Crippen MR) is 71.6 cm³/mol. The summed E-state index contributed by atoms with van der Waals surface area (Å²) in [5.41, 5.74) is 0. The zero-order valence-corrected chi connectivity index (χ0v) is 12.0.